The van der Waals surface area contributed by atoms with Crippen LogP contribution in [0.3, 0.4) is 0 Å². The second kappa shape index (κ2) is 6.65. The van der Waals surface area contributed by atoms with Crippen LogP contribution in [0.15, 0.2) is 71.4 Å². The van der Waals surface area contributed by atoms with Gasteiger partial charge in [-0.1, -0.05) is 6.07 Å². The average molecular weight is 330 g/mol. The number of nitrogens with zero attached hydrogens (tertiary/aromatic N) is 2. The minimum atomic E-state index is 0.611. The first-order chi connectivity index (χ1) is 12.3. The predicted molar refractivity (Wildman–Crippen MR) is 100 cm³/mol. The largest absolute Gasteiger partial charge is 0.465 e. The Kier molecular flexibility index (Phi) is 4.04. The molecule has 0 aliphatic rings. The Morgan fingerprint density at radius 1 is 1.00 bits per heavy atom. The van der Waals surface area contributed by atoms with E-state index in [1.165, 1.54) is 0 Å². The summed E-state index contributed by atoms with van der Waals surface area (Å²) in [6, 6.07) is 17.9. The van der Waals surface area contributed by atoms with Gasteiger partial charge >= 0.3 is 0 Å². The number of pyridine rings is 2. The third kappa shape index (κ3) is 3.45. The Balaban J connectivity index is 1.56. The van der Waals surface area contributed by atoms with E-state index in [2.05, 4.69) is 21.7 Å². The molecule has 0 aliphatic carbocycles. The molecule has 0 aliphatic heterocycles. The van der Waals surface area contributed by atoms with Crippen LogP contribution < -0.4 is 10.6 Å². The predicted octanol–water partition coefficient (Wildman–Crippen LogP) is 4.89. The molecule has 25 heavy (non-hydrogen) atoms. The number of aromatic nitrogens is 2. The van der Waals surface area contributed by atoms with E-state index in [9.17, 15) is 0 Å². The van der Waals surface area contributed by atoms with Gasteiger partial charge in [0, 0.05) is 17.3 Å². The lowest BCUT2D eigenvalue weighted by Crippen LogP contribution is -2.00. The number of rotatable bonds is 5. The molecule has 3 heterocycles. The van der Waals surface area contributed by atoms with Crippen molar-refractivity contribution >= 4 is 28.1 Å². The van der Waals surface area contributed by atoms with Gasteiger partial charge in [0.05, 0.1) is 23.9 Å². The number of aryl methyl sites for hydroxylation is 1. The molecule has 4 rings (SSSR count). The zero-order chi connectivity index (χ0) is 17.1. The third-order valence-corrected chi connectivity index (χ3v) is 3.91. The molecule has 5 nitrogen and oxygen atoms in total. The van der Waals surface area contributed by atoms with Gasteiger partial charge in [0.15, 0.2) is 0 Å². The summed E-state index contributed by atoms with van der Waals surface area (Å²) >= 11 is 0. The van der Waals surface area contributed by atoms with E-state index in [4.69, 9.17) is 9.40 Å². The molecule has 1 aromatic carbocycles. The molecule has 0 fully saturated rings. The molecule has 5 heteroatoms. The summed E-state index contributed by atoms with van der Waals surface area (Å²) in [5, 5.41) is 7.75. The maximum absolute atomic E-state index is 5.57. The highest BCUT2D eigenvalue weighted by Gasteiger charge is 2.05. The SMILES string of the molecule is Cc1ccc(CNc2ccc3c(Nc4cccnc4)cccc3n2)o1. The lowest BCUT2D eigenvalue weighted by molar-refractivity contribution is 0.490. The Morgan fingerprint density at radius 3 is 2.76 bits per heavy atom. The molecule has 3 aromatic heterocycles. The summed E-state index contributed by atoms with van der Waals surface area (Å²) < 4.78 is 5.57. The quantitative estimate of drug-likeness (QED) is 0.545. The molecule has 0 spiro atoms. The van der Waals surface area contributed by atoms with E-state index in [1.54, 1.807) is 12.4 Å². The van der Waals surface area contributed by atoms with Crippen molar-refractivity contribution in [3.8, 4) is 0 Å². The van der Waals surface area contributed by atoms with E-state index in [-0.39, 0.29) is 0 Å². The number of nitrogens with one attached hydrogen (secondary N) is 2. The lowest BCUT2D eigenvalue weighted by atomic mass is 10.1. The molecule has 0 saturated carbocycles. The van der Waals surface area contributed by atoms with Crippen LogP contribution in [0.25, 0.3) is 10.9 Å². The van der Waals surface area contributed by atoms with E-state index in [0.717, 1.165) is 39.6 Å². The Bertz CT molecular complexity index is 995. The van der Waals surface area contributed by atoms with Gasteiger partial charge in [0.25, 0.3) is 0 Å². The minimum absolute atomic E-state index is 0.611. The minimum Gasteiger partial charge on any atom is -0.465 e. The molecule has 2 N–H and O–H groups in total. The van der Waals surface area contributed by atoms with E-state index in [1.807, 2.05) is 55.5 Å². The van der Waals surface area contributed by atoms with Crippen LogP contribution in [0.1, 0.15) is 11.5 Å². The van der Waals surface area contributed by atoms with Crippen LogP contribution in [0.2, 0.25) is 0 Å². The van der Waals surface area contributed by atoms with Crippen LogP contribution in [0.4, 0.5) is 17.2 Å². The fourth-order valence-corrected chi connectivity index (χ4v) is 2.71. The summed E-state index contributed by atoms with van der Waals surface area (Å²) in [6.45, 7) is 2.55. The maximum atomic E-state index is 5.57. The van der Waals surface area contributed by atoms with Crippen molar-refractivity contribution in [1.29, 1.82) is 0 Å². The monoisotopic (exact) mass is 330 g/mol. The van der Waals surface area contributed by atoms with Crippen molar-refractivity contribution in [3.05, 3.63) is 78.5 Å². The standard InChI is InChI=1S/C20H18N4O/c1-14-7-8-16(25-14)13-22-20-10-9-17-18(5-2-6-19(17)24-20)23-15-4-3-11-21-12-15/h2-12,23H,13H2,1H3,(H,22,24). The molecule has 0 radical (unpaired) electrons. The van der Waals surface area contributed by atoms with Gasteiger partial charge in [-0.05, 0) is 55.5 Å². The zero-order valence-electron chi connectivity index (χ0n) is 13.9. The second-order valence-electron chi connectivity index (χ2n) is 5.80. The van der Waals surface area contributed by atoms with Crippen molar-refractivity contribution in [2.75, 3.05) is 10.6 Å². The first-order valence-corrected chi connectivity index (χ1v) is 8.14. The highest BCUT2D eigenvalue weighted by molar-refractivity contribution is 5.93. The van der Waals surface area contributed by atoms with Gasteiger partial charge in [0.2, 0.25) is 0 Å². The van der Waals surface area contributed by atoms with Crippen molar-refractivity contribution in [2.24, 2.45) is 0 Å². The molecule has 0 saturated heterocycles. The number of hydrogen-bond acceptors (Lipinski definition) is 5. The van der Waals surface area contributed by atoms with E-state index >= 15 is 0 Å². The summed E-state index contributed by atoms with van der Waals surface area (Å²) in [4.78, 5) is 8.82. The van der Waals surface area contributed by atoms with Crippen LogP contribution in [0.5, 0.6) is 0 Å². The lowest BCUT2D eigenvalue weighted by Gasteiger charge is -2.10. The number of hydrogen-bond donors (Lipinski definition) is 2. The zero-order valence-corrected chi connectivity index (χ0v) is 13.9. The summed E-state index contributed by atoms with van der Waals surface area (Å²) in [6.07, 6.45) is 3.56. The van der Waals surface area contributed by atoms with Crippen molar-refractivity contribution in [1.82, 2.24) is 9.97 Å². The fraction of sp³-hybridized carbons (Fsp3) is 0.100. The van der Waals surface area contributed by atoms with Crippen LogP contribution in [0, 0.1) is 6.92 Å². The fourth-order valence-electron chi connectivity index (χ4n) is 2.71. The summed E-state index contributed by atoms with van der Waals surface area (Å²) in [7, 11) is 0. The maximum Gasteiger partial charge on any atom is 0.127 e. The normalized spacial score (nSPS) is 10.8. The molecule has 124 valence electrons. The third-order valence-electron chi connectivity index (χ3n) is 3.91. The number of fused-ring (bicyclic) bond motifs is 1. The van der Waals surface area contributed by atoms with Crippen LogP contribution in [-0.2, 0) is 6.54 Å². The Morgan fingerprint density at radius 2 is 1.96 bits per heavy atom. The average Bonchev–Trinajstić information content (AvgIpc) is 3.06. The van der Waals surface area contributed by atoms with Gasteiger partial charge in [-0.25, -0.2) is 4.98 Å². The number of furan rings is 1. The molecule has 0 bridgehead atoms. The Labute approximate surface area is 145 Å². The highest BCUT2D eigenvalue weighted by Crippen LogP contribution is 2.26. The van der Waals surface area contributed by atoms with Crippen molar-refractivity contribution in [2.45, 2.75) is 13.5 Å². The van der Waals surface area contributed by atoms with Gasteiger partial charge in [-0.15, -0.1) is 0 Å². The molecule has 4 aromatic rings. The molecule has 0 unspecified atom stereocenters. The first-order valence-electron chi connectivity index (χ1n) is 8.14. The van der Waals surface area contributed by atoms with Crippen molar-refractivity contribution < 1.29 is 4.42 Å². The molecular weight excluding hydrogens is 312 g/mol. The van der Waals surface area contributed by atoms with E-state index in [0.29, 0.717) is 6.54 Å². The van der Waals surface area contributed by atoms with Crippen molar-refractivity contribution in [3.63, 3.8) is 0 Å². The van der Waals surface area contributed by atoms with Gasteiger partial charge < -0.3 is 15.1 Å². The highest BCUT2D eigenvalue weighted by atomic mass is 16.3. The van der Waals surface area contributed by atoms with Gasteiger partial charge in [-0.2, -0.15) is 0 Å². The van der Waals surface area contributed by atoms with Crippen LogP contribution in [-0.4, -0.2) is 9.97 Å². The van der Waals surface area contributed by atoms with Crippen LogP contribution >= 0.6 is 0 Å². The number of benzene rings is 1. The first kappa shape index (κ1) is 15.2. The summed E-state index contributed by atoms with van der Waals surface area (Å²) in [5.41, 5.74) is 2.88. The van der Waals surface area contributed by atoms with Gasteiger partial charge in [0.1, 0.15) is 17.3 Å². The van der Waals surface area contributed by atoms with Gasteiger partial charge in [-0.3, -0.25) is 4.98 Å². The molecular formula is C20H18N4O. The molecule has 0 atom stereocenters. The topological polar surface area (TPSA) is 63.0 Å². The summed E-state index contributed by atoms with van der Waals surface area (Å²) in [5.74, 6) is 2.63. The smallest absolute Gasteiger partial charge is 0.127 e. The Hall–Kier alpha value is -3.34. The van der Waals surface area contributed by atoms with E-state index < -0.39 is 0 Å². The second-order valence-corrected chi connectivity index (χ2v) is 5.80. The molecule has 0 amide bonds. The number of anilines is 3.